The van der Waals surface area contributed by atoms with Gasteiger partial charge in [-0.1, -0.05) is 41.9 Å². The molecule has 42 heavy (non-hydrogen) atoms. The second-order valence-corrected chi connectivity index (χ2v) is 10.8. The van der Waals surface area contributed by atoms with Crippen molar-refractivity contribution in [2.75, 3.05) is 11.9 Å². The molecule has 3 aromatic carbocycles. The molecule has 2 aromatic heterocycles. The van der Waals surface area contributed by atoms with Crippen LogP contribution in [-0.4, -0.2) is 17.1 Å². The fraction of sp³-hybridized carbons (Fsp3) is 0.121. The van der Waals surface area contributed by atoms with Crippen molar-refractivity contribution < 1.29 is 13.9 Å². The largest absolute Gasteiger partial charge is 0.492 e. The number of benzene rings is 3. The predicted octanol–water partition coefficient (Wildman–Crippen LogP) is 5.97. The molecule has 0 bridgehead atoms. The number of halogens is 1. The van der Waals surface area contributed by atoms with Gasteiger partial charge in [-0.15, -0.1) is 11.3 Å². The highest BCUT2D eigenvalue weighted by Gasteiger charge is 2.20. The van der Waals surface area contributed by atoms with E-state index in [1.54, 1.807) is 48.5 Å². The van der Waals surface area contributed by atoms with Gasteiger partial charge in [0.1, 0.15) is 28.0 Å². The van der Waals surface area contributed by atoms with Crippen LogP contribution in [0.15, 0.2) is 88.1 Å². The van der Waals surface area contributed by atoms with Gasteiger partial charge in [0.05, 0.1) is 22.5 Å². The number of carbonyl (C=O) groups is 1. The Labute approximate surface area is 251 Å². The molecule has 0 fully saturated rings. The average molecular weight is 596 g/mol. The van der Waals surface area contributed by atoms with Crippen molar-refractivity contribution in [1.29, 1.82) is 5.26 Å². The quantitative estimate of drug-likeness (QED) is 0.250. The van der Waals surface area contributed by atoms with Gasteiger partial charge >= 0.3 is 0 Å². The van der Waals surface area contributed by atoms with Gasteiger partial charge < -0.3 is 14.5 Å². The number of thiazole rings is 1. The molecule has 5 rings (SSSR count). The van der Waals surface area contributed by atoms with Crippen molar-refractivity contribution in [1.82, 2.24) is 4.57 Å². The van der Waals surface area contributed by atoms with Gasteiger partial charge in [0, 0.05) is 16.7 Å². The van der Waals surface area contributed by atoms with Crippen LogP contribution in [0.3, 0.4) is 0 Å². The zero-order valence-corrected chi connectivity index (χ0v) is 24.7. The van der Waals surface area contributed by atoms with Gasteiger partial charge in [-0.25, -0.2) is 0 Å². The predicted molar refractivity (Wildman–Crippen MR) is 167 cm³/mol. The number of nitrogens with one attached hydrogen (secondary N) is 1. The van der Waals surface area contributed by atoms with Crippen LogP contribution in [0.2, 0.25) is 5.02 Å². The van der Waals surface area contributed by atoms with Crippen LogP contribution >= 0.6 is 22.9 Å². The summed E-state index contributed by atoms with van der Waals surface area (Å²) in [5.41, 5.74) is 2.95. The first kappa shape index (κ1) is 28.7. The number of rotatable bonds is 7. The lowest BCUT2D eigenvalue weighted by atomic mass is 10.1. The normalized spacial score (nSPS) is 12.1. The number of anilines is 1. The highest BCUT2D eigenvalue weighted by atomic mass is 35.5. The molecule has 0 aliphatic heterocycles. The number of ether oxygens (including phenoxy) is 1. The Kier molecular flexibility index (Phi) is 8.43. The van der Waals surface area contributed by atoms with E-state index >= 15 is 0 Å². The Morgan fingerprint density at radius 3 is 2.45 bits per heavy atom. The molecule has 7 nitrogen and oxygen atoms in total. The third kappa shape index (κ3) is 5.79. The Morgan fingerprint density at radius 2 is 1.76 bits per heavy atom. The van der Waals surface area contributed by atoms with Crippen molar-refractivity contribution in [2.45, 2.75) is 20.8 Å². The highest BCUT2D eigenvalue weighted by Crippen LogP contribution is 2.25. The minimum absolute atomic E-state index is 0.202. The van der Waals surface area contributed by atoms with Crippen LogP contribution in [0.5, 0.6) is 5.75 Å². The minimum atomic E-state index is -0.652. The number of nitriles is 1. The Morgan fingerprint density at radius 1 is 1.05 bits per heavy atom. The number of aromatic nitrogens is 1. The molecule has 9 heteroatoms. The van der Waals surface area contributed by atoms with E-state index in [0.717, 1.165) is 28.0 Å². The molecule has 0 unspecified atom stereocenters. The van der Waals surface area contributed by atoms with Crippen molar-refractivity contribution in [3.8, 4) is 28.8 Å². The lowest BCUT2D eigenvalue weighted by molar-refractivity contribution is -0.111. The monoisotopic (exact) mass is 595 g/mol. The molecular formula is C33H26ClN3O4S. The molecule has 1 N–H and O–H groups in total. The van der Waals surface area contributed by atoms with Crippen LogP contribution < -0.4 is 24.8 Å². The molecule has 0 saturated carbocycles. The maximum absolute atomic E-state index is 14.0. The molecule has 0 atom stereocenters. The Balaban J connectivity index is 1.70. The number of aryl methyl sites for hydroxylation is 2. The topological polar surface area (TPSA) is 97.3 Å². The van der Waals surface area contributed by atoms with Crippen LogP contribution in [0, 0.1) is 25.2 Å². The number of nitrogens with zero attached hydrogens (tertiary/aromatic N) is 2. The molecule has 0 radical (unpaired) electrons. The van der Waals surface area contributed by atoms with Gasteiger partial charge in [0.25, 0.3) is 11.5 Å². The summed E-state index contributed by atoms with van der Waals surface area (Å²) in [5.74, 6) is 0.890. The van der Waals surface area contributed by atoms with E-state index in [9.17, 15) is 14.9 Å². The van der Waals surface area contributed by atoms with E-state index in [1.807, 2.05) is 63.2 Å². The molecule has 210 valence electrons. The summed E-state index contributed by atoms with van der Waals surface area (Å²) in [6.45, 7) is 6.02. The van der Waals surface area contributed by atoms with E-state index in [0.29, 0.717) is 44.8 Å². The van der Waals surface area contributed by atoms with Gasteiger partial charge in [0.2, 0.25) is 0 Å². The molecular weight excluding hydrogens is 570 g/mol. The van der Waals surface area contributed by atoms with Crippen molar-refractivity contribution in [3.05, 3.63) is 120 Å². The summed E-state index contributed by atoms with van der Waals surface area (Å²) in [7, 11) is 0. The number of para-hydroxylation sites is 3. The fourth-order valence-corrected chi connectivity index (χ4v) is 5.77. The fourth-order valence-electron chi connectivity index (χ4n) is 4.57. The van der Waals surface area contributed by atoms with Gasteiger partial charge in [-0.05, 0) is 80.4 Å². The van der Waals surface area contributed by atoms with Crippen molar-refractivity contribution in [3.63, 3.8) is 0 Å². The van der Waals surface area contributed by atoms with E-state index in [-0.39, 0.29) is 15.8 Å². The summed E-state index contributed by atoms with van der Waals surface area (Å²) in [6, 6.07) is 25.5. The van der Waals surface area contributed by atoms with E-state index in [1.165, 1.54) is 4.57 Å². The highest BCUT2D eigenvalue weighted by molar-refractivity contribution is 7.07. The standard InChI is InChI=1S/C33H26ClN3O4S/c1-4-40-28-11-6-5-10-26(28)36-31(38)25(19-35)33-37(30-20(2)8-7-9-21(30)3)32(39)29(42-33)18-24-16-17-27(41-24)22-12-14-23(34)15-13-22/h5-18H,4H2,1-3H3,(H,36,38)/b29-18-,33-25-. The SMILES string of the molecule is CCOc1ccccc1NC(=O)/C(C#N)=c1\s/c(=C\c2ccc(-c3ccc(Cl)cc3)o2)c(=O)n1-c1c(C)cccc1C. The first-order chi connectivity index (χ1) is 20.3. The lowest BCUT2D eigenvalue weighted by Crippen LogP contribution is -2.33. The van der Waals surface area contributed by atoms with Crippen molar-refractivity contribution in [2.24, 2.45) is 0 Å². The van der Waals surface area contributed by atoms with Gasteiger partial charge in [-0.2, -0.15) is 5.26 Å². The molecule has 0 aliphatic carbocycles. The lowest BCUT2D eigenvalue weighted by Gasteiger charge is -2.12. The van der Waals surface area contributed by atoms with Gasteiger partial charge in [0.15, 0.2) is 5.57 Å². The second kappa shape index (κ2) is 12.4. The van der Waals surface area contributed by atoms with Crippen LogP contribution in [-0.2, 0) is 4.79 Å². The third-order valence-corrected chi connectivity index (χ3v) is 7.85. The number of amides is 1. The third-order valence-electron chi connectivity index (χ3n) is 6.50. The van der Waals surface area contributed by atoms with Crippen LogP contribution in [0.25, 0.3) is 28.7 Å². The number of hydrogen-bond donors (Lipinski definition) is 1. The second-order valence-electron chi connectivity index (χ2n) is 9.38. The van der Waals surface area contributed by atoms with E-state index in [4.69, 9.17) is 20.8 Å². The smallest absolute Gasteiger partial charge is 0.273 e. The maximum atomic E-state index is 14.0. The molecule has 2 heterocycles. The van der Waals surface area contributed by atoms with E-state index in [2.05, 4.69) is 5.32 Å². The number of furan rings is 1. The minimum Gasteiger partial charge on any atom is -0.492 e. The summed E-state index contributed by atoms with van der Waals surface area (Å²) in [6.07, 6.45) is 1.62. The number of carbonyl (C=O) groups excluding carboxylic acids is 1. The summed E-state index contributed by atoms with van der Waals surface area (Å²) in [4.78, 5) is 27.5. The van der Waals surface area contributed by atoms with Crippen LogP contribution in [0.4, 0.5) is 5.69 Å². The molecule has 0 saturated heterocycles. The summed E-state index contributed by atoms with van der Waals surface area (Å²) >= 11 is 7.07. The first-order valence-corrected chi connectivity index (χ1v) is 14.3. The molecule has 5 aromatic rings. The Bertz CT molecular complexity index is 1990. The molecule has 0 spiro atoms. The first-order valence-electron chi connectivity index (χ1n) is 13.1. The van der Waals surface area contributed by atoms with Crippen LogP contribution in [0.1, 0.15) is 23.8 Å². The molecule has 0 aliphatic rings. The maximum Gasteiger partial charge on any atom is 0.273 e. The van der Waals surface area contributed by atoms with Gasteiger partial charge in [-0.3, -0.25) is 14.2 Å². The summed E-state index contributed by atoms with van der Waals surface area (Å²) in [5, 5.41) is 13.6. The number of hydrogen-bond acceptors (Lipinski definition) is 6. The zero-order chi connectivity index (χ0) is 29.8. The van der Waals surface area contributed by atoms with E-state index < -0.39 is 5.91 Å². The Hall–Kier alpha value is -4.84. The average Bonchev–Trinajstić information content (AvgIpc) is 3.56. The van der Waals surface area contributed by atoms with Crippen molar-refractivity contribution >= 4 is 46.2 Å². The molecule has 1 amide bonds. The zero-order valence-electron chi connectivity index (χ0n) is 23.1. The summed E-state index contributed by atoms with van der Waals surface area (Å²) < 4.78 is 13.6.